The molecule has 1 amide bonds. The summed E-state index contributed by atoms with van der Waals surface area (Å²) in [5, 5.41) is 3.34. The monoisotopic (exact) mass is 378 g/mol. The van der Waals surface area contributed by atoms with Crippen LogP contribution in [0.2, 0.25) is 5.02 Å². The number of carbonyl (C=O) groups excluding carboxylic acids is 1. The molecular formula is C15H20Cl2N2O3S. The lowest BCUT2D eigenvalue weighted by atomic mass is 9.98. The Morgan fingerprint density at radius 2 is 1.83 bits per heavy atom. The van der Waals surface area contributed by atoms with Crippen LogP contribution in [0.25, 0.3) is 0 Å². The molecule has 0 aliphatic carbocycles. The van der Waals surface area contributed by atoms with Crippen molar-refractivity contribution >= 4 is 39.1 Å². The Morgan fingerprint density at radius 3 is 2.39 bits per heavy atom. The Kier molecular flexibility index (Phi) is 6.71. The fraction of sp³-hybridized carbons (Fsp3) is 0.533. The number of nitrogens with zero attached hydrogens (tertiary/aromatic N) is 1. The maximum atomic E-state index is 12.5. The number of halogens is 2. The van der Waals surface area contributed by atoms with Crippen molar-refractivity contribution < 1.29 is 13.2 Å². The fourth-order valence-corrected chi connectivity index (χ4v) is 4.36. The highest BCUT2D eigenvalue weighted by atomic mass is 35.5. The standard InChI is InChI=1S/C15H20Cl2N2O3S/c16-9-15(20)18-10-12-5-7-19(8-6-12)23(21,22)11-13-1-3-14(17)4-2-13/h1-4,12H,5-11H2,(H,18,20). The number of hydrogen-bond donors (Lipinski definition) is 1. The number of amides is 1. The predicted molar refractivity (Wildman–Crippen MR) is 92.1 cm³/mol. The molecule has 1 aromatic rings. The van der Waals surface area contributed by atoms with Gasteiger partial charge in [-0.1, -0.05) is 23.7 Å². The van der Waals surface area contributed by atoms with Crippen LogP contribution in [0.5, 0.6) is 0 Å². The topological polar surface area (TPSA) is 66.5 Å². The zero-order chi connectivity index (χ0) is 16.9. The first-order valence-corrected chi connectivity index (χ1v) is 9.98. The van der Waals surface area contributed by atoms with Crippen LogP contribution in [0.1, 0.15) is 18.4 Å². The van der Waals surface area contributed by atoms with Crippen LogP contribution in [0, 0.1) is 5.92 Å². The summed E-state index contributed by atoms with van der Waals surface area (Å²) in [6.45, 7) is 1.52. The van der Waals surface area contributed by atoms with Gasteiger partial charge in [-0.15, -0.1) is 11.6 Å². The molecule has 0 saturated carbocycles. The second kappa shape index (κ2) is 8.33. The largest absolute Gasteiger partial charge is 0.355 e. The molecule has 0 atom stereocenters. The van der Waals surface area contributed by atoms with E-state index in [4.69, 9.17) is 23.2 Å². The van der Waals surface area contributed by atoms with Crippen molar-refractivity contribution in [2.24, 2.45) is 5.92 Å². The van der Waals surface area contributed by atoms with Crippen LogP contribution in [0.4, 0.5) is 0 Å². The summed E-state index contributed by atoms with van der Waals surface area (Å²) in [6, 6.07) is 6.85. The Morgan fingerprint density at radius 1 is 1.22 bits per heavy atom. The van der Waals surface area contributed by atoms with Crippen molar-refractivity contribution in [3.63, 3.8) is 0 Å². The molecule has 1 fully saturated rings. The molecule has 0 radical (unpaired) electrons. The average Bonchev–Trinajstić information content (AvgIpc) is 2.55. The first-order valence-electron chi connectivity index (χ1n) is 7.45. The minimum Gasteiger partial charge on any atom is -0.355 e. The first kappa shape index (κ1) is 18.5. The Bertz CT molecular complexity index is 627. The normalized spacial score (nSPS) is 17.1. The van der Waals surface area contributed by atoms with E-state index < -0.39 is 10.0 Å². The minimum absolute atomic E-state index is 0.0161. The molecule has 0 unspecified atom stereocenters. The van der Waals surface area contributed by atoms with Crippen molar-refractivity contribution in [3.05, 3.63) is 34.9 Å². The smallest absolute Gasteiger partial charge is 0.234 e. The van der Waals surface area contributed by atoms with Gasteiger partial charge in [-0.25, -0.2) is 12.7 Å². The Hall–Kier alpha value is -0.820. The molecule has 0 spiro atoms. The molecular weight excluding hydrogens is 359 g/mol. The first-order chi connectivity index (χ1) is 10.9. The number of carbonyl (C=O) groups is 1. The van der Waals surface area contributed by atoms with Gasteiger partial charge < -0.3 is 5.32 Å². The van der Waals surface area contributed by atoms with Crippen LogP contribution < -0.4 is 5.32 Å². The van der Waals surface area contributed by atoms with Crippen molar-refractivity contribution in [3.8, 4) is 0 Å². The van der Waals surface area contributed by atoms with Crippen molar-refractivity contribution in [1.29, 1.82) is 0 Å². The van der Waals surface area contributed by atoms with Gasteiger partial charge in [-0.2, -0.15) is 0 Å². The average molecular weight is 379 g/mol. The highest BCUT2D eigenvalue weighted by molar-refractivity contribution is 7.88. The fourth-order valence-electron chi connectivity index (χ4n) is 2.58. The SMILES string of the molecule is O=C(CCl)NCC1CCN(S(=O)(=O)Cc2ccc(Cl)cc2)CC1. The number of rotatable bonds is 6. The van der Waals surface area contributed by atoms with Gasteiger partial charge in [0.1, 0.15) is 5.88 Å². The molecule has 1 aliphatic heterocycles. The third kappa shape index (κ3) is 5.64. The number of nitrogens with one attached hydrogen (secondary N) is 1. The van der Waals surface area contributed by atoms with E-state index >= 15 is 0 Å². The van der Waals surface area contributed by atoms with Crippen molar-refractivity contribution in [2.45, 2.75) is 18.6 Å². The van der Waals surface area contributed by atoms with Gasteiger partial charge in [0, 0.05) is 24.7 Å². The molecule has 1 heterocycles. The summed E-state index contributed by atoms with van der Waals surface area (Å²) in [7, 11) is -3.33. The van der Waals surface area contributed by atoms with Gasteiger partial charge in [0.15, 0.2) is 0 Å². The van der Waals surface area contributed by atoms with Gasteiger partial charge in [0.2, 0.25) is 15.9 Å². The summed E-state index contributed by atoms with van der Waals surface area (Å²) < 4.78 is 26.5. The lowest BCUT2D eigenvalue weighted by Crippen LogP contribution is -2.42. The minimum atomic E-state index is -3.33. The highest BCUT2D eigenvalue weighted by Crippen LogP contribution is 2.21. The zero-order valence-electron chi connectivity index (χ0n) is 12.7. The summed E-state index contributed by atoms with van der Waals surface area (Å²) >= 11 is 11.2. The molecule has 8 heteroatoms. The van der Waals surface area contributed by atoms with E-state index in [1.54, 1.807) is 24.3 Å². The Balaban J connectivity index is 1.85. The number of hydrogen-bond acceptors (Lipinski definition) is 3. The van der Waals surface area contributed by atoms with Gasteiger partial charge in [0.25, 0.3) is 0 Å². The van der Waals surface area contributed by atoms with Gasteiger partial charge in [-0.05, 0) is 36.5 Å². The summed E-state index contributed by atoms with van der Waals surface area (Å²) in [5.74, 6) is 0.0418. The molecule has 1 aromatic carbocycles. The molecule has 23 heavy (non-hydrogen) atoms. The number of sulfonamides is 1. The maximum Gasteiger partial charge on any atom is 0.234 e. The van der Waals surface area contributed by atoms with E-state index in [0.29, 0.717) is 30.6 Å². The summed E-state index contributed by atoms with van der Waals surface area (Å²) in [4.78, 5) is 11.1. The third-order valence-corrected chi connectivity index (χ3v) is 6.28. The van der Waals surface area contributed by atoms with Gasteiger partial charge in [-0.3, -0.25) is 4.79 Å². The molecule has 2 rings (SSSR count). The van der Waals surface area contributed by atoms with Crippen LogP contribution in [0.3, 0.4) is 0 Å². The third-order valence-electron chi connectivity index (χ3n) is 3.94. The van der Waals surface area contributed by atoms with Crippen LogP contribution in [-0.2, 0) is 20.6 Å². The molecule has 1 N–H and O–H groups in total. The van der Waals surface area contributed by atoms with Gasteiger partial charge in [0.05, 0.1) is 5.75 Å². The van der Waals surface area contributed by atoms with E-state index in [0.717, 1.165) is 18.4 Å². The van der Waals surface area contributed by atoms with E-state index in [2.05, 4.69) is 5.32 Å². The second-order valence-corrected chi connectivity index (χ2v) is 8.34. The number of piperidine rings is 1. The second-order valence-electron chi connectivity index (χ2n) is 5.66. The van der Waals surface area contributed by atoms with E-state index in [9.17, 15) is 13.2 Å². The Labute approximate surface area is 147 Å². The van der Waals surface area contributed by atoms with E-state index in [1.807, 2.05) is 0 Å². The predicted octanol–water partition coefficient (Wildman–Crippen LogP) is 2.24. The lowest BCUT2D eigenvalue weighted by Gasteiger charge is -2.31. The zero-order valence-corrected chi connectivity index (χ0v) is 15.0. The molecule has 1 saturated heterocycles. The summed E-state index contributed by atoms with van der Waals surface area (Å²) in [5.41, 5.74) is 0.728. The molecule has 0 bridgehead atoms. The van der Waals surface area contributed by atoms with Crippen LogP contribution in [0.15, 0.2) is 24.3 Å². The van der Waals surface area contributed by atoms with Crippen LogP contribution in [-0.4, -0.2) is 44.1 Å². The van der Waals surface area contributed by atoms with E-state index in [-0.39, 0.29) is 17.5 Å². The van der Waals surface area contributed by atoms with E-state index in [1.165, 1.54) is 4.31 Å². The molecule has 5 nitrogen and oxygen atoms in total. The highest BCUT2D eigenvalue weighted by Gasteiger charge is 2.28. The maximum absolute atomic E-state index is 12.5. The van der Waals surface area contributed by atoms with Crippen molar-refractivity contribution in [1.82, 2.24) is 9.62 Å². The quantitative estimate of drug-likeness (QED) is 0.771. The van der Waals surface area contributed by atoms with Crippen LogP contribution >= 0.6 is 23.2 Å². The summed E-state index contributed by atoms with van der Waals surface area (Å²) in [6.07, 6.45) is 1.48. The molecule has 0 aromatic heterocycles. The number of alkyl halides is 1. The number of benzene rings is 1. The van der Waals surface area contributed by atoms with Crippen molar-refractivity contribution in [2.75, 3.05) is 25.5 Å². The molecule has 128 valence electrons. The van der Waals surface area contributed by atoms with Gasteiger partial charge >= 0.3 is 0 Å². The lowest BCUT2D eigenvalue weighted by molar-refractivity contribution is -0.118. The molecule has 1 aliphatic rings.